The molecule has 1 heterocycles. The summed E-state index contributed by atoms with van der Waals surface area (Å²) in [7, 11) is 1.33. The van der Waals surface area contributed by atoms with Gasteiger partial charge in [-0.25, -0.2) is 0 Å². The molecule has 0 aromatic carbocycles. The van der Waals surface area contributed by atoms with E-state index in [1.807, 2.05) is 13.8 Å². The van der Waals surface area contributed by atoms with Crippen LogP contribution < -0.4 is 10.6 Å². The molecule has 1 rings (SSSR count). The van der Waals surface area contributed by atoms with E-state index in [2.05, 4.69) is 15.8 Å². The maximum Gasteiger partial charge on any atom is 0.322 e. The van der Waals surface area contributed by atoms with E-state index in [1.165, 1.54) is 7.11 Å². The Morgan fingerprint density at radius 1 is 1.45 bits per heavy atom. The van der Waals surface area contributed by atoms with Gasteiger partial charge in [0.05, 0.1) is 19.3 Å². The van der Waals surface area contributed by atoms with Gasteiger partial charge in [-0.2, -0.15) is 0 Å². The summed E-state index contributed by atoms with van der Waals surface area (Å²) in [5, 5.41) is 9.09. The molecule has 7 heteroatoms. The first-order valence-electron chi connectivity index (χ1n) is 6.46. The van der Waals surface area contributed by atoms with Crippen LogP contribution in [0.4, 0.5) is 5.88 Å². The van der Waals surface area contributed by atoms with Crippen molar-refractivity contribution in [1.82, 2.24) is 10.5 Å². The van der Waals surface area contributed by atoms with Crippen LogP contribution in [0.1, 0.15) is 26.0 Å². The molecule has 1 amide bonds. The van der Waals surface area contributed by atoms with Gasteiger partial charge in [0, 0.05) is 6.07 Å². The first kappa shape index (κ1) is 16.2. The summed E-state index contributed by atoms with van der Waals surface area (Å²) in [6, 6.07) is 1.12. The fourth-order valence-electron chi connectivity index (χ4n) is 1.70. The lowest BCUT2D eigenvalue weighted by Gasteiger charge is -2.17. The molecule has 2 N–H and O–H groups in total. The molecule has 0 aliphatic rings. The number of rotatable bonds is 7. The Morgan fingerprint density at radius 3 is 2.65 bits per heavy atom. The summed E-state index contributed by atoms with van der Waals surface area (Å²) in [6.45, 7) is 5.74. The van der Waals surface area contributed by atoms with E-state index in [0.717, 1.165) is 0 Å². The van der Waals surface area contributed by atoms with Gasteiger partial charge in [-0.3, -0.25) is 20.2 Å². The molecule has 0 fully saturated rings. The maximum atomic E-state index is 11.7. The van der Waals surface area contributed by atoms with Crippen molar-refractivity contribution in [2.24, 2.45) is 5.92 Å². The largest absolute Gasteiger partial charge is 0.468 e. The number of amides is 1. The number of aryl methyl sites for hydroxylation is 1. The molecular weight excluding hydrogens is 262 g/mol. The van der Waals surface area contributed by atoms with Gasteiger partial charge in [0.25, 0.3) is 0 Å². The van der Waals surface area contributed by atoms with Crippen molar-refractivity contribution in [3.8, 4) is 0 Å². The monoisotopic (exact) mass is 283 g/mol. The highest BCUT2D eigenvalue weighted by atomic mass is 16.5. The zero-order chi connectivity index (χ0) is 15.1. The second-order valence-electron chi connectivity index (χ2n) is 4.97. The standard InChI is InChI=1S/C13H21N3O4/c1-8(2)5-10(13(18)19-4)14-7-11(17)15-12-6-9(3)16-20-12/h6,8,10,14H,5,7H2,1-4H3,(H,15,17). The average Bonchev–Trinajstić information content (AvgIpc) is 2.78. The summed E-state index contributed by atoms with van der Waals surface area (Å²) < 4.78 is 9.58. The Morgan fingerprint density at radius 2 is 2.15 bits per heavy atom. The molecule has 7 nitrogen and oxygen atoms in total. The topological polar surface area (TPSA) is 93.5 Å². The predicted octanol–water partition coefficient (Wildman–Crippen LogP) is 1.10. The van der Waals surface area contributed by atoms with Crippen LogP contribution in [0.5, 0.6) is 0 Å². The van der Waals surface area contributed by atoms with Crippen molar-refractivity contribution in [2.45, 2.75) is 33.2 Å². The van der Waals surface area contributed by atoms with E-state index in [-0.39, 0.29) is 24.3 Å². The molecule has 0 saturated heterocycles. The van der Waals surface area contributed by atoms with Crippen LogP contribution in [0.2, 0.25) is 0 Å². The fourth-order valence-corrected chi connectivity index (χ4v) is 1.70. The van der Waals surface area contributed by atoms with Gasteiger partial charge in [-0.1, -0.05) is 19.0 Å². The van der Waals surface area contributed by atoms with Crippen LogP contribution in [0.15, 0.2) is 10.6 Å². The van der Waals surface area contributed by atoms with E-state index in [4.69, 9.17) is 9.26 Å². The number of ether oxygens (including phenoxy) is 1. The third kappa shape index (κ3) is 5.40. The van der Waals surface area contributed by atoms with Crippen molar-refractivity contribution in [2.75, 3.05) is 19.0 Å². The number of carbonyl (C=O) groups is 2. The van der Waals surface area contributed by atoms with Crippen LogP contribution >= 0.6 is 0 Å². The highest BCUT2D eigenvalue weighted by molar-refractivity contribution is 5.91. The van der Waals surface area contributed by atoms with Crippen molar-refractivity contribution in [3.05, 3.63) is 11.8 Å². The second-order valence-corrected chi connectivity index (χ2v) is 4.97. The van der Waals surface area contributed by atoms with E-state index in [1.54, 1.807) is 13.0 Å². The Kier molecular flexibility index (Phi) is 6.17. The highest BCUT2D eigenvalue weighted by Crippen LogP contribution is 2.08. The number of hydrogen-bond donors (Lipinski definition) is 2. The molecule has 0 radical (unpaired) electrons. The minimum absolute atomic E-state index is 0.00770. The van der Waals surface area contributed by atoms with Gasteiger partial charge >= 0.3 is 5.97 Å². The quantitative estimate of drug-likeness (QED) is 0.728. The first-order chi connectivity index (χ1) is 9.42. The van der Waals surface area contributed by atoms with E-state index >= 15 is 0 Å². The van der Waals surface area contributed by atoms with E-state index < -0.39 is 6.04 Å². The number of nitrogens with one attached hydrogen (secondary N) is 2. The molecule has 20 heavy (non-hydrogen) atoms. The van der Waals surface area contributed by atoms with Crippen molar-refractivity contribution in [1.29, 1.82) is 0 Å². The second kappa shape index (κ2) is 7.64. The average molecular weight is 283 g/mol. The van der Waals surface area contributed by atoms with Gasteiger partial charge in [-0.15, -0.1) is 0 Å². The molecule has 0 spiro atoms. The molecule has 0 bridgehead atoms. The van der Waals surface area contributed by atoms with Crippen LogP contribution in [-0.2, 0) is 14.3 Å². The lowest BCUT2D eigenvalue weighted by Crippen LogP contribution is -2.42. The normalized spacial score (nSPS) is 12.2. The summed E-state index contributed by atoms with van der Waals surface area (Å²) in [5.41, 5.74) is 0.681. The fraction of sp³-hybridized carbons (Fsp3) is 0.615. The lowest BCUT2D eigenvalue weighted by atomic mass is 10.0. The van der Waals surface area contributed by atoms with E-state index in [9.17, 15) is 9.59 Å². The summed E-state index contributed by atoms with van der Waals surface area (Å²) in [6.07, 6.45) is 0.599. The van der Waals surface area contributed by atoms with Crippen molar-refractivity contribution < 1.29 is 18.8 Å². The molecule has 0 aliphatic heterocycles. The number of methoxy groups -OCH3 is 1. The van der Waals surface area contributed by atoms with Gasteiger partial charge in [-0.05, 0) is 19.3 Å². The Hall–Kier alpha value is -1.89. The number of aromatic nitrogens is 1. The highest BCUT2D eigenvalue weighted by Gasteiger charge is 2.21. The van der Waals surface area contributed by atoms with Crippen molar-refractivity contribution in [3.63, 3.8) is 0 Å². The number of hydrogen-bond acceptors (Lipinski definition) is 6. The molecule has 1 aromatic rings. The molecule has 1 aromatic heterocycles. The predicted molar refractivity (Wildman–Crippen MR) is 73.1 cm³/mol. The Labute approximate surface area is 118 Å². The SMILES string of the molecule is COC(=O)C(CC(C)C)NCC(=O)Nc1cc(C)no1. The maximum absolute atomic E-state index is 11.7. The number of esters is 1. The van der Waals surface area contributed by atoms with Crippen LogP contribution in [0.3, 0.4) is 0 Å². The lowest BCUT2D eigenvalue weighted by molar-refractivity contribution is -0.143. The summed E-state index contributed by atoms with van der Waals surface area (Å²) >= 11 is 0. The molecule has 0 saturated carbocycles. The minimum Gasteiger partial charge on any atom is -0.468 e. The van der Waals surface area contributed by atoms with Gasteiger partial charge in [0.1, 0.15) is 6.04 Å². The van der Waals surface area contributed by atoms with Crippen LogP contribution in [0.25, 0.3) is 0 Å². The first-order valence-corrected chi connectivity index (χ1v) is 6.46. The number of nitrogens with zero attached hydrogens (tertiary/aromatic N) is 1. The third-order valence-corrected chi connectivity index (χ3v) is 2.59. The molecule has 112 valence electrons. The summed E-state index contributed by atoms with van der Waals surface area (Å²) in [4.78, 5) is 23.3. The third-order valence-electron chi connectivity index (χ3n) is 2.59. The molecule has 1 unspecified atom stereocenters. The minimum atomic E-state index is -0.498. The van der Waals surface area contributed by atoms with E-state index in [0.29, 0.717) is 18.0 Å². The van der Waals surface area contributed by atoms with Gasteiger partial charge in [0.15, 0.2) is 0 Å². The Balaban J connectivity index is 2.45. The van der Waals surface area contributed by atoms with Crippen LogP contribution in [-0.4, -0.2) is 36.7 Å². The zero-order valence-corrected chi connectivity index (χ0v) is 12.2. The molecule has 0 aliphatic carbocycles. The zero-order valence-electron chi connectivity index (χ0n) is 12.2. The smallest absolute Gasteiger partial charge is 0.322 e. The van der Waals surface area contributed by atoms with Gasteiger partial charge < -0.3 is 9.26 Å². The van der Waals surface area contributed by atoms with Crippen molar-refractivity contribution >= 4 is 17.8 Å². The van der Waals surface area contributed by atoms with Crippen LogP contribution in [0, 0.1) is 12.8 Å². The number of carbonyl (C=O) groups excluding carboxylic acids is 2. The summed E-state index contributed by atoms with van der Waals surface area (Å²) in [5.74, 6) is -0.0832. The Bertz CT molecular complexity index is 456. The molecular formula is C13H21N3O4. The van der Waals surface area contributed by atoms with Gasteiger partial charge in [0.2, 0.25) is 11.8 Å². The number of anilines is 1. The molecule has 1 atom stereocenters.